The molecule has 7 heteroatoms. The van der Waals surface area contributed by atoms with E-state index in [0.717, 1.165) is 10.9 Å². The summed E-state index contributed by atoms with van der Waals surface area (Å²) in [5, 5.41) is 12.8. The van der Waals surface area contributed by atoms with Crippen molar-refractivity contribution in [2.45, 2.75) is 6.54 Å². The lowest BCUT2D eigenvalue weighted by atomic mass is 10.2. The summed E-state index contributed by atoms with van der Waals surface area (Å²) in [4.78, 5) is 25.6. The Bertz CT molecular complexity index is 866. The molecule has 22 heavy (non-hydrogen) atoms. The van der Waals surface area contributed by atoms with Gasteiger partial charge in [0.05, 0.1) is 5.02 Å². The number of nitrogens with one attached hydrogen (secondary N) is 2. The standard InChI is InChI=1S/C15H12ClN3O3/c16-11-3-5-17-14(11)15(22)18-10-1-2-12-9(7-10)4-6-19(12)8-13(20)21/h1-7,17H,8H2,(H,18,22)(H,20,21). The van der Waals surface area contributed by atoms with Gasteiger partial charge in [0.1, 0.15) is 12.2 Å². The summed E-state index contributed by atoms with van der Waals surface area (Å²) in [6, 6.07) is 8.67. The first-order valence-corrected chi connectivity index (χ1v) is 6.87. The van der Waals surface area contributed by atoms with Gasteiger partial charge in [-0.15, -0.1) is 0 Å². The van der Waals surface area contributed by atoms with Crippen molar-refractivity contribution in [1.29, 1.82) is 0 Å². The summed E-state index contributed by atoms with van der Waals surface area (Å²) in [5.41, 5.74) is 1.69. The van der Waals surface area contributed by atoms with E-state index in [4.69, 9.17) is 16.7 Å². The third-order valence-electron chi connectivity index (χ3n) is 3.26. The minimum Gasteiger partial charge on any atom is -0.480 e. The Hall–Kier alpha value is -2.73. The largest absolute Gasteiger partial charge is 0.480 e. The molecule has 0 atom stereocenters. The van der Waals surface area contributed by atoms with Crippen molar-refractivity contribution in [2.24, 2.45) is 0 Å². The molecular weight excluding hydrogens is 306 g/mol. The molecule has 0 aliphatic carbocycles. The number of amides is 1. The summed E-state index contributed by atoms with van der Waals surface area (Å²) < 4.78 is 1.63. The van der Waals surface area contributed by atoms with Crippen LogP contribution in [0.2, 0.25) is 5.02 Å². The van der Waals surface area contributed by atoms with Crippen molar-refractivity contribution in [1.82, 2.24) is 9.55 Å². The maximum absolute atomic E-state index is 12.1. The number of carboxylic acids is 1. The molecule has 0 radical (unpaired) electrons. The maximum Gasteiger partial charge on any atom is 0.323 e. The quantitative estimate of drug-likeness (QED) is 0.691. The zero-order chi connectivity index (χ0) is 15.7. The molecule has 0 fully saturated rings. The third-order valence-corrected chi connectivity index (χ3v) is 3.57. The average molecular weight is 318 g/mol. The van der Waals surface area contributed by atoms with Gasteiger partial charge in [-0.2, -0.15) is 0 Å². The molecule has 6 nitrogen and oxygen atoms in total. The highest BCUT2D eigenvalue weighted by Crippen LogP contribution is 2.22. The molecule has 0 aliphatic rings. The fourth-order valence-electron chi connectivity index (χ4n) is 2.28. The summed E-state index contributed by atoms with van der Waals surface area (Å²) in [6.07, 6.45) is 3.29. The van der Waals surface area contributed by atoms with Crippen LogP contribution in [0.1, 0.15) is 10.5 Å². The van der Waals surface area contributed by atoms with Crippen LogP contribution in [0.15, 0.2) is 42.7 Å². The number of carboxylic acid groups (broad SMARTS) is 1. The predicted octanol–water partition coefficient (Wildman–Crippen LogP) is 2.96. The van der Waals surface area contributed by atoms with Crippen molar-refractivity contribution < 1.29 is 14.7 Å². The van der Waals surface area contributed by atoms with Crippen LogP contribution in [0.3, 0.4) is 0 Å². The number of aliphatic carboxylic acids is 1. The van der Waals surface area contributed by atoms with Crippen LogP contribution in [0.25, 0.3) is 10.9 Å². The molecule has 3 aromatic rings. The minimum atomic E-state index is -0.906. The number of hydrogen-bond acceptors (Lipinski definition) is 2. The molecule has 2 aromatic heterocycles. The number of benzene rings is 1. The Morgan fingerprint density at radius 2 is 2.09 bits per heavy atom. The molecule has 112 valence electrons. The molecule has 2 heterocycles. The first kappa shape index (κ1) is 14.2. The zero-order valence-electron chi connectivity index (χ0n) is 11.3. The van der Waals surface area contributed by atoms with Crippen molar-refractivity contribution >= 4 is 40.1 Å². The molecule has 0 saturated heterocycles. The molecule has 1 aromatic carbocycles. The summed E-state index contributed by atoms with van der Waals surface area (Å²) in [6.45, 7) is -0.104. The Morgan fingerprint density at radius 1 is 1.27 bits per heavy atom. The second-order valence-corrected chi connectivity index (χ2v) is 5.17. The fraction of sp³-hybridized carbons (Fsp3) is 0.0667. The van der Waals surface area contributed by atoms with Crippen LogP contribution in [0.4, 0.5) is 5.69 Å². The molecule has 0 saturated carbocycles. The number of anilines is 1. The van der Waals surface area contributed by atoms with Gasteiger partial charge in [-0.05, 0) is 30.3 Å². The normalized spacial score (nSPS) is 10.8. The summed E-state index contributed by atoms with van der Waals surface area (Å²) in [7, 11) is 0. The van der Waals surface area contributed by atoms with E-state index in [1.54, 1.807) is 47.3 Å². The maximum atomic E-state index is 12.1. The number of carbonyl (C=O) groups excluding carboxylic acids is 1. The number of aromatic amines is 1. The Balaban J connectivity index is 1.85. The zero-order valence-corrected chi connectivity index (χ0v) is 12.1. The van der Waals surface area contributed by atoms with E-state index in [-0.39, 0.29) is 12.5 Å². The Morgan fingerprint density at radius 3 is 2.77 bits per heavy atom. The molecule has 1 amide bonds. The first-order valence-electron chi connectivity index (χ1n) is 6.49. The van der Waals surface area contributed by atoms with Gasteiger partial charge in [0.2, 0.25) is 0 Å². The predicted molar refractivity (Wildman–Crippen MR) is 83.3 cm³/mol. The number of carbonyl (C=O) groups is 2. The van der Waals surface area contributed by atoms with E-state index in [0.29, 0.717) is 16.4 Å². The fourth-order valence-corrected chi connectivity index (χ4v) is 2.48. The summed E-state index contributed by atoms with van der Waals surface area (Å²) >= 11 is 5.90. The lowest BCUT2D eigenvalue weighted by Gasteiger charge is -2.06. The van der Waals surface area contributed by atoms with Crippen molar-refractivity contribution in [3.05, 3.63) is 53.4 Å². The Labute approximate surface area is 130 Å². The van der Waals surface area contributed by atoms with E-state index in [9.17, 15) is 9.59 Å². The minimum absolute atomic E-state index is 0.104. The number of nitrogens with zero attached hydrogens (tertiary/aromatic N) is 1. The third kappa shape index (κ3) is 2.68. The van der Waals surface area contributed by atoms with E-state index < -0.39 is 5.97 Å². The molecule has 3 N–H and O–H groups in total. The van der Waals surface area contributed by atoms with Crippen LogP contribution in [-0.4, -0.2) is 26.5 Å². The molecule has 0 aliphatic heterocycles. The van der Waals surface area contributed by atoms with Gasteiger partial charge >= 0.3 is 5.97 Å². The second-order valence-electron chi connectivity index (χ2n) is 4.77. The van der Waals surface area contributed by atoms with Crippen LogP contribution in [-0.2, 0) is 11.3 Å². The van der Waals surface area contributed by atoms with Crippen LogP contribution < -0.4 is 5.32 Å². The van der Waals surface area contributed by atoms with Gasteiger partial charge < -0.3 is 20.0 Å². The van der Waals surface area contributed by atoms with Gasteiger partial charge in [-0.3, -0.25) is 9.59 Å². The van der Waals surface area contributed by atoms with Crippen LogP contribution in [0.5, 0.6) is 0 Å². The Kier molecular flexibility index (Phi) is 3.60. The number of aromatic nitrogens is 2. The molecular formula is C15H12ClN3O3. The van der Waals surface area contributed by atoms with E-state index in [2.05, 4.69) is 10.3 Å². The highest BCUT2D eigenvalue weighted by molar-refractivity contribution is 6.34. The number of hydrogen-bond donors (Lipinski definition) is 3. The van der Waals surface area contributed by atoms with E-state index in [1.807, 2.05) is 0 Å². The smallest absolute Gasteiger partial charge is 0.323 e. The highest BCUT2D eigenvalue weighted by Gasteiger charge is 2.12. The first-order chi connectivity index (χ1) is 10.5. The lowest BCUT2D eigenvalue weighted by molar-refractivity contribution is -0.137. The SMILES string of the molecule is O=C(O)Cn1ccc2cc(NC(=O)c3[nH]ccc3Cl)ccc21. The van der Waals surface area contributed by atoms with Crippen molar-refractivity contribution in [3.8, 4) is 0 Å². The second kappa shape index (κ2) is 5.57. The number of H-pyrrole nitrogens is 1. The summed E-state index contributed by atoms with van der Waals surface area (Å²) in [5.74, 6) is -1.24. The molecule has 0 bridgehead atoms. The molecule has 3 rings (SSSR count). The van der Waals surface area contributed by atoms with Crippen molar-refractivity contribution in [3.63, 3.8) is 0 Å². The average Bonchev–Trinajstić information content (AvgIpc) is 3.05. The van der Waals surface area contributed by atoms with Gasteiger partial charge in [0.15, 0.2) is 0 Å². The van der Waals surface area contributed by atoms with Gasteiger partial charge in [-0.25, -0.2) is 0 Å². The van der Waals surface area contributed by atoms with Gasteiger partial charge in [0, 0.05) is 29.0 Å². The number of fused-ring (bicyclic) bond motifs is 1. The lowest BCUT2D eigenvalue weighted by Crippen LogP contribution is -2.12. The molecule has 0 unspecified atom stereocenters. The highest BCUT2D eigenvalue weighted by atomic mass is 35.5. The molecule has 0 spiro atoms. The van der Waals surface area contributed by atoms with Gasteiger partial charge in [-0.1, -0.05) is 11.6 Å². The van der Waals surface area contributed by atoms with E-state index in [1.165, 1.54) is 0 Å². The topological polar surface area (TPSA) is 87.1 Å². The monoisotopic (exact) mass is 317 g/mol. The van der Waals surface area contributed by atoms with Crippen LogP contribution >= 0.6 is 11.6 Å². The van der Waals surface area contributed by atoms with Crippen LogP contribution in [0, 0.1) is 0 Å². The number of rotatable bonds is 4. The number of halogens is 1. The van der Waals surface area contributed by atoms with E-state index >= 15 is 0 Å². The van der Waals surface area contributed by atoms with Gasteiger partial charge in [0.25, 0.3) is 5.91 Å². The van der Waals surface area contributed by atoms with Crippen molar-refractivity contribution in [2.75, 3.05) is 5.32 Å².